The van der Waals surface area contributed by atoms with Crippen LogP contribution in [0, 0.1) is 13.8 Å². The topological polar surface area (TPSA) is 58.2 Å². The largest absolute Gasteiger partial charge is 0.354 e. The SMILES string of the molecule is Cc1ccc(C(=O)NCC(=O)NCC2(c3cccs3)CCCC2)c(C)c1. The number of aryl methyl sites for hydroxylation is 2. The lowest BCUT2D eigenvalue weighted by atomic mass is 9.84. The van der Waals surface area contributed by atoms with Crippen LogP contribution < -0.4 is 10.6 Å². The summed E-state index contributed by atoms with van der Waals surface area (Å²) in [4.78, 5) is 25.9. The normalized spacial score (nSPS) is 15.6. The van der Waals surface area contributed by atoms with Gasteiger partial charge in [-0.25, -0.2) is 0 Å². The van der Waals surface area contributed by atoms with Gasteiger partial charge in [0.1, 0.15) is 0 Å². The fourth-order valence-corrected chi connectivity index (χ4v) is 4.78. The summed E-state index contributed by atoms with van der Waals surface area (Å²) in [5.74, 6) is -0.336. The Morgan fingerprint density at radius 3 is 2.54 bits per heavy atom. The van der Waals surface area contributed by atoms with Crippen LogP contribution in [0.5, 0.6) is 0 Å². The van der Waals surface area contributed by atoms with E-state index < -0.39 is 0 Å². The molecular weight excluding hydrogens is 344 g/mol. The number of thiophene rings is 1. The average Bonchev–Trinajstić information content (AvgIpc) is 3.30. The highest BCUT2D eigenvalue weighted by Gasteiger charge is 2.36. The predicted molar refractivity (Wildman–Crippen MR) is 106 cm³/mol. The van der Waals surface area contributed by atoms with Gasteiger partial charge in [0.05, 0.1) is 6.54 Å². The van der Waals surface area contributed by atoms with Crippen LogP contribution in [-0.2, 0) is 10.2 Å². The minimum Gasteiger partial charge on any atom is -0.354 e. The monoisotopic (exact) mass is 370 g/mol. The van der Waals surface area contributed by atoms with E-state index in [0.29, 0.717) is 12.1 Å². The van der Waals surface area contributed by atoms with Gasteiger partial charge in [-0.15, -0.1) is 11.3 Å². The number of nitrogens with one attached hydrogen (secondary N) is 2. The Morgan fingerprint density at radius 1 is 1.12 bits per heavy atom. The maximum absolute atomic E-state index is 12.3. The fourth-order valence-electron chi connectivity index (χ4n) is 3.80. The Hall–Kier alpha value is -2.14. The molecule has 26 heavy (non-hydrogen) atoms. The minimum atomic E-state index is -0.202. The van der Waals surface area contributed by atoms with E-state index in [2.05, 4.69) is 28.1 Å². The van der Waals surface area contributed by atoms with Gasteiger partial charge in [0.2, 0.25) is 5.91 Å². The van der Waals surface area contributed by atoms with Crippen LogP contribution in [0.2, 0.25) is 0 Å². The lowest BCUT2D eigenvalue weighted by molar-refractivity contribution is -0.120. The molecular formula is C21H26N2O2S. The van der Waals surface area contributed by atoms with Crippen molar-refractivity contribution in [2.45, 2.75) is 44.9 Å². The Kier molecular flexibility index (Phi) is 5.77. The van der Waals surface area contributed by atoms with E-state index in [9.17, 15) is 9.59 Å². The van der Waals surface area contributed by atoms with Gasteiger partial charge in [0.15, 0.2) is 0 Å². The van der Waals surface area contributed by atoms with Crippen LogP contribution in [0.15, 0.2) is 35.7 Å². The van der Waals surface area contributed by atoms with Crippen molar-refractivity contribution in [3.8, 4) is 0 Å². The second-order valence-electron chi connectivity index (χ2n) is 7.24. The van der Waals surface area contributed by atoms with E-state index in [1.54, 1.807) is 11.3 Å². The number of hydrogen-bond acceptors (Lipinski definition) is 3. The molecule has 1 aliphatic rings. The van der Waals surface area contributed by atoms with Crippen molar-refractivity contribution < 1.29 is 9.59 Å². The van der Waals surface area contributed by atoms with Gasteiger partial charge < -0.3 is 10.6 Å². The first-order chi connectivity index (χ1) is 12.5. The zero-order chi connectivity index (χ0) is 18.6. The van der Waals surface area contributed by atoms with Crippen molar-refractivity contribution >= 4 is 23.2 Å². The first kappa shape index (κ1) is 18.6. The minimum absolute atomic E-state index is 0.00662. The van der Waals surface area contributed by atoms with Gasteiger partial charge >= 0.3 is 0 Å². The Morgan fingerprint density at radius 2 is 1.88 bits per heavy atom. The lowest BCUT2D eigenvalue weighted by Crippen LogP contribution is -2.43. The summed E-state index contributed by atoms with van der Waals surface area (Å²) >= 11 is 1.77. The summed E-state index contributed by atoms with van der Waals surface area (Å²) in [5, 5.41) is 7.87. The Balaban J connectivity index is 1.53. The van der Waals surface area contributed by atoms with Crippen LogP contribution >= 0.6 is 11.3 Å². The molecule has 1 saturated carbocycles. The molecule has 3 rings (SSSR count). The Bertz CT molecular complexity index is 777. The average molecular weight is 371 g/mol. The predicted octanol–water partition coefficient (Wildman–Crippen LogP) is 3.72. The van der Waals surface area contributed by atoms with Crippen molar-refractivity contribution in [2.75, 3.05) is 13.1 Å². The van der Waals surface area contributed by atoms with Crippen LogP contribution in [0.4, 0.5) is 0 Å². The standard InChI is InChI=1S/C21H26N2O2S/c1-15-7-8-17(16(2)12-15)20(25)22-13-19(24)23-14-21(9-3-4-10-21)18-6-5-11-26-18/h5-8,11-12H,3-4,9-10,13-14H2,1-2H3,(H,22,25)(H,23,24). The first-order valence-corrected chi connectivity index (χ1v) is 10.0. The molecule has 2 aromatic rings. The van der Waals surface area contributed by atoms with E-state index in [-0.39, 0.29) is 23.8 Å². The molecule has 1 aromatic carbocycles. The van der Waals surface area contributed by atoms with Gasteiger partial charge in [0, 0.05) is 22.4 Å². The number of rotatable bonds is 6. The summed E-state index contributed by atoms with van der Waals surface area (Å²) in [5.41, 5.74) is 2.73. The molecule has 0 bridgehead atoms. The first-order valence-electron chi connectivity index (χ1n) is 9.16. The van der Waals surface area contributed by atoms with E-state index in [4.69, 9.17) is 0 Å². The molecule has 0 spiro atoms. The molecule has 2 N–H and O–H groups in total. The third-order valence-corrected chi connectivity index (χ3v) is 6.38. The molecule has 1 fully saturated rings. The lowest BCUT2D eigenvalue weighted by Gasteiger charge is -2.28. The number of carbonyl (C=O) groups excluding carboxylic acids is 2. The summed E-state index contributed by atoms with van der Waals surface area (Å²) < 4.78 is 0. The van der Waals surface area contributed by atoms with Gasteiger partial charge in [-0.2, -0.15) is 0 Å². The summed E-state index contributed by atoms with van der Waals surface area (Å²) in [7, 11) is 0. The molecule has 0 unspecified atom stereocenters. The number of benzene rings is 1. The molecule has 0 aliphatic heterocycles. The van der Waals surface area contributed by atoms with Gasteiger partial charge in [-0.1, -0.05) is 36.6 Å². The van der Waals surface area contributed by atoms with Crippen molar-refractivity contribution in [2.24, 2.45) is 0 Å². The van der Waals surface area contributed by atoms with Gasteiger partial charge in [-0.05, 0) is 49.8 Å². The number of amides is 2. The Labute approximate surface area is 159 Å². The number of hydrogen-bond donors (Lipinski definition) is 2. The van der Waals surface area contributed by atoms with Crippen LogP contribution in [0.1, 0.15) is 52.0 Å². The maximum atomic E-state index is 12.3. The highest BCUT2D eigenvalue weighted by atomic mass is 32.1. The molecule has 4 nitrogen and oxygen atoms in total. The summed E-state index contributed by atoms with van der Waals surface area (Å²) in [6, 6.07) is 9.94. The molecule has 0 radical (unpaired) electrons. The third kappa shape index (κ3) is 4.15. The molecule has 0 saturated heterocycles. The summed E-state index contributed by atoms with van der Waals surface area (Å²) in [6.45, 7) is 4.56. The van der Waals surface area contributed by atoms with E-state index in [1.165, 1.54) is 17.7 Å². The third-order valence-electron chi connectivity index (χ3n) is 5.26. The van der Waals surface area contributed by atoms with Crippen molar-refractivity contribution in [1.29, 1.82) is 0 Å². The van der Waals surface area contributed by atoms with Gasteiger partial charge in [0.25, 0.3) is 5.91 Å². The molecule has 1 aliphatic carbocycles. The molecule has 2 amide bonds. The van der Waals surface area contributed by atoms with E-state index in [0.717, 1.165) is 24.0 Å². The second-order valence-corrected chi connectivity index (χ2v) is 8.19. The van der Waals surface area contributed by atoms with Gasteiger partial charge in [-0.3, -0.25) is 9.59 Å². The van der Waals surface area contributed by atoms with E-state index >= 15 is 0 Å². The van der Waals surface area contributed by atoms with Crippen molar-refractivity contribution in [1.82, 2.24) is 10.6 Å². The van der Waals surface area contributed by atoms with Crippen molar-refractivity contribution in [3.05, 3.63) is 57.3 Å². The highest BCUT2D eigenvalue weighted by molar-refractivity contribution is 7.10. The zero-order valence-corrected chi connectivity index (χ0v) is 16.2. The fraction of sp³-hybridized carbons (Fsp3) is 0.429. The molecule has 0 atom stereocenters. The quantitative estimate of drug-likeness (QED) is 0.814. The van der Waals surface area contributed by atoms with Crippen LogP contribution in [-0.4, -0.2) is 24.9 Å². The zero-order valence-electron chi connectivity index (χ0n) is 15.4. The van der Waals surface area contributed by atoms with E-state index in [1.807, 2.05) is 32.0 Å². The second kappa shape index (κ2) is 8.04. The van der Waals surface area contributed by atoms with Crippen LogP contribution in [0.25, 0.3) is 0 Å². The summed E-state index contributed by atoms with van der Waals surface area (Å²) in [6.07, 6.45) is 4.64. The highest BCUT2D eigenvalue weighted by Crippen LogP contribution is 2.42. The molecule has 5 heteroatoms. The molecule has 1 aromatic heterocycles. The molecule has 138 valence electrons. The molecule has 1 heterocycles. The maximum Gasteiger partial charge on any atom is 0.251 e. The smallest absolute Gasteiger partial charge is 0.251 e. The van der Waals surface area contributed by atoms with Crippen molar-refractivity contribution in [3.63, 3.8) is 0 Å². The van der Waals surface area contributed by atoms with Crippen LogP contribution in [0.3, 0.4) is 0 Å². The number of carbonyl (C=O) groups is 2.